The first kappa shape index (κ1) is 13.4. The highest BCUT2D eigenvalue weighted by molar-refractivity contribution is 6.00. The van der Waals surface area contributed by atoms with E-state index < -0.39 is 5.54 Å². The molecule has 100 valence electrons. The van der Waals surface area contributed by atoms with E-state index in [2.05, 4.69) is 16.6 Å². The molecule has 1 fully saturated rings. The maximum absolute atomic E-state index is 13.3. The molecule has 4 heteroatoms. The van der Waals surface area contributed by atoms with Crippen molar-refractivity contribution in [2.45, 2.75) is 38.3 Å². The summed E-state index contributed by atoms with van der Waals surface area (Å²) >= 11 is 0. The van der Waals surface area contributed by atoms with Crippen LogP contribution in [0.5, 0.6) is 0 Å². The number of carbonyl (C=O) groups excluding carboxylic acids is 1. The number of terminal acetylenes is 1. The number of hydrogen-bond donors (Lipinski definition) is 2. The van der Waals surface area contributed by atoms with Crippen molar-refractivity contribution in [1.82, 2.24) is 5.32 Å². The minimum atomic E-state index is -0.734. The molecule has 1 amide bonds. The topological polar surface area (TPSA) is 41.1 Å². The summed E-state index contributed by atoms with van der Waals surface area (Å²) in [5.74, 6) is 1.83. The number of rotatable bonds is 4. The van der Waals surface area contributed by atoms with Gasteiger partial charge >= 0.3 is 0 Å². The third kappa shape index (κ3) is 3.47. The first-order valence-electron chi connectivity index (χ1n) is 6.27. The average molecular weight is 260 g/mol. The van der Waals surface area contributed by atoms with Crippen molar-refractivity contribution >= 4 is 11.6 Å². The van der Waals surface area contributed by atoms with Crippen molar-refractivity contribution in [1.29, 1.82) is 0 Å². The van der Waals surface area contributed by atoms with Gasteiger partial charge in [0, 0.05) is 6.04 Å². The number of halogens is 1. The molecule has 1 saturated carbocycles. The Hall–Kier alpha value is -2.02. The standard InChI is InChI=1S/C15H17FN2O/c1-4-15(2,3)18-14(19)12-8-5-10(16)9-13(12)17-11-6-7-11/h1,5,8-9,11,17H,6-7H2,2-3H3,(H,18,19). The van der Waals surface area contributed by atoms with Crippen LogP contribution in [-0.2, 0) is 0 Å². The van der Waals surface area contributed by atoms with Crippen molar-refractivity contribution in [2.24, 2.45) is 0 Å². The lowest BCUT2D eigenvalue weighted by molar-refractivity contribution is 0.0930. The highest BCUT2D eigenvalue weighted by Crippen LogP contribution is 2.27. The molecule has 0 unspecified atom stereocenters. The summed E-state index contributed by atoms with van der Waals surface area (Å²) in [4.78, 5) is 12.2. The molecule has 0 atom stereocenters. The molecule has 0 aromatic heterocycles. The fourth-order valence-corrected chi connectivity index (χ4v) is 1.67. The molecule has 1 aliphatic rings. The molecule has 0 spiro atoms. The molecule has 1 aromatic rings. The van der Waals surface area contributed by atoms with Crippen LogP contribution in [-0.4, -0.2) is 17.5 Å². The largest absolute Gasteiger partial charge is 0.382 e. The number of amides is 1. The Morgan fingerprint density at radius 1 is 1.47 bits per heavy atom. The fourth-order valence-electron chi connectivity index (χ4n) is 1.67. The molecule has 3 nitrogen and oxygen atoms in total. The van der Waals surface area contributed by atoms with Gasteiger partial charge in [-0.3, -0.25) is 4.79 Å². The number of carbonyl (C=O) groups is 1. The Kier molecular flexibility index (Phi) is 3.48. The van der Waals surface area contributed by atoms with Crippen LogP contribution >= 0.6 is 0 Å². The third-order valence-electron chi connectivity index (χ3n) is 2.95. The zero-order chi connectivity index (χ0) is 14.0. The van der Waals surface area contributed by atoms with Gasteiger partial charge in [-0.2, -0.15) is 0 Å². The molecule has 2 rings (SSSR count). The first-order chi connectivity index (χ1) is 8.91. The quantitative estimate of drug-likeness (QED) is 0.817. The zero-order valence-corrected chi connectivity index (χ0v) is 11.1. The van der Waals surface area contributed by atoms with Gasteiger partial charge < -0.3 is 10.6 Å². The van der Waals surface area contributed by atoms with E-state index in [9.17, 15) is 9.18 Å². The van der Waals surface area contributed by atoms with Crippen LogP contribution < -0.4 is 10.6 Å². The molecular formula is C15H17FN2O. The minimum absolute atomic E-state index is 0.300. The van der Waals surface area contributed by atoms with E-state index in [1.54, 1.807) is 13.8 Å². The second kappa shape index (κ2) is 4.93. The van der Waals surface area contributed by atoms with Crippen LogP contribution in [0.1, 0.15) is 37.0 Å². The number of nitrogens with one attached hydrogen (secondary N) is 2. The molecule has 0 saturated heterocycles. The molecule has 19 heavy (non-hydrogen) atoms. The fraction of sp³-hybridized carbons (Fsp3) is 0.400. The molecule has 1 aliphatic carbocycles. The van der Waals surface area contributed by atoms with E-state index in [0.29, 0.717) is 17.3 Å². The van der Waals surface area contributed by atoms with E-state index in [-0.39, 0.29) is 11.7 Å². The lowest BCUT2D eigenvalue weighted by atomic mass is 10.1. The van der Waals surface area contributed by atoms with Crippen LogP contribution in [0.3, 0.4) is 0 Å². The highest BCUT2D eigenvalue weighted by atomic mass is 19.1. The maximum atomic E-state index is 13.3. The number of hydrogen-bond acceptors (Lipinski definition) is 2. The van der Waals surface area contributed by atoms with Crippen LogP contribution in [0.4, 0.5) is 10.1 Å². The van der Waals surface area contributed by atoms with Gasteiger partial charge in [0.25, 0.3) is 5.91 Å². The predicted molar refractivity (Wildman–Crippen MR) is 73.4 cm³/mol. The predicted octanol–water partition coefficient (Wildman–Crippen LogP) is 2.54. The SMILES string of the molecule is C#CC(C)(C)NC(=O)c1ccc(F)cc1NC1CC1. The van der Waals surface area contributed by atoms with Crippen LogP contribution in [0.2, 0.25) is 0 Å². The molecule has 0 heterocycles. The van der Waals surface area contributed by atoms with Gasteiger partial charge in [-0.1, -0.05) is 5.92 Å². The minimum Gasteiger partial charge on any atom is -0.382 e. The molecule has 0 aliphatic heterocycles. The van der Waals surface area contributed by atoms with Crippen molar-refractivity contribution < 1.29 is 9.18 Å². The monoisotopic (exact) mass is 260 g/mol. The van der Waals surface area contributed by atoms with Gasteiger partial charge in [0.2, 0.25) is 0 Å². The Labute approximate surface area is 112 Å². The van der Waals surface area contributed by atoms with Crippen molar-refractivity contribution in [2.75, 3.05) is 5.32 Å². The smallest absolute Gasteiger partial charge is 0.254 e. The Morgan fingerprint density at radius 2 is 2.16 bits per heavy atom. The molecule has 0 radical (unpaired) electrons. The summed E-state index contributed by atoms with van der Waals surface area (Å²) < 4.78 is 13.3. The summed E-state index contributed by atoms with van der Waals surface area (Å²) in [6.45, 7) is 3.48. The highest BCUT2D eigenvalue weighted by Gasteiger charge is 2.25. The average Bonchev–Trinajstić information content (AvgIpc) is 3.12. The number of anilines is 1. The summed E-state index contributed by atoms with van der Waals surface area (Å²) in [5.41, 5.74) is 0.201. The summed E-state index contributed by atoms with van der Waals surface area (Å²) in [5, 5.41) is 5.90. The van der Waals surface area contributed by atoms with Gasteiger partial charge in [0.15, 0.2) is 0 Å². The van der Waals surface area contributed by atoms with E-state index in [4.69, 9.17) is 6.42 Å². The molecule has 2 N–H and O–H groups in total. The van der Waals surface area contributed by atoms with Crippen molar-refractivity contribution in [3.63, 3.8) is 0 Å². The third-order valence-corrected chi connectivity index (χ3v) is 2.95. The van der Waals surface area contributed by atoms with E-state index in [1.807, 2.05) is 0 Å². The van der Waals surface area contributed by atoms with Gasteiger partial charge in [-0.25, -0.2) is 4.39 Å². The Bertz CT molecular complexity index is 542. The Balaban J connectivity index is 2.23. The lowest BCUT2D eigenvalue weighted by Gasteiger charge is -2.21. The summed E-state index contributed by atoms with van der Waals surface area (Å²) in [6, 6.07) is 4.43. The van der Waals surface area contributed by atoms with Crippen LogP contribution in [0, 0.1) is 18.2 Å². The van der Waals surface area contributed by atoms with E-state index >= 15 is 0 Å². The molecule has 0 bridgehead atoms. The summed E-state index contributed by atoms with van der Waals surface area (Å²) in [6.07, 6.45) is 7.44. The van der Waals surface area contributed by atoms with Gasteiger partial charge in [0.1, 0.15) is 5.82 Å². The second-order valence-corrected chi connectivity index (χ2v) is 5.33. The van der Waals surface area contributed by atoms with Gasteiger partial charge in [-0.05, 0) is 44.9 Å². The zero-order valence-electron chi connectivity index (χ0n) is 11.1. The first-order valence-corrected chi connectivity index (χ1v) is 6.27. The normalized spacial score (nSPS) is 14.6. The van der Waals surface area contributed by atoms with Crippen LogP contribution in [0.15, 0.2) is 18.2 Å². The van der Waals surface area contributed by atoms with Crippen molar-refractivity contribution in [3.05, 3.63) is 29.6 Å². The lowest BCUT2D eigenvalue weighted by Crippen LogP contribution is -2.42. The second-order valence-electron chi connectivity index (χ2n) is 5.33. The Morgan fingerprint density at radius 3 is 2.74 bits per heavy atom. The molecular weight excluding hydrogens is 243 g/mol. The van der Waals surface area contributed by atoms with Crippen LogP contribution in [0.25, 0.3) is 0 Å². The van der Waals surface area contributed by atoms with Gasteiger partial charge in [0.05, 0.1) is 16.8 Å². The number of benzene rings is 1. The maximum Gasteiger partial charge on any atom is 0.254 e. The van der Waals surface area contributed by atoms with E-state index in [0.717, 1.165) is 12.8 Å². The molecule has 1 aromatic carbocycles. The van der Waals surface area contributed by atoms with Crippen molar-refractivity contribution in [3.8, 4) is 12.3 Å². The van der Waals surface area contributed by atoms with E-state index in [1.165, 1.54) is 18.2 Å². The summed E-state index contributed by atoms with van der Waals surface area (Å²) in [7, 11) is 0. The van der Waals surface area contributed by atoms with Gasteiger partial charge in [-0.15, -0.1) is 6.42 Å².